The SMILES string of the molecule is COc1ccc([Si](C)(C)[C@H]2[C@H](CC(=O)N(CCO)Cc3ccccc3)O[C@@]3(C(=O)N(Cc4ccc(N(C=O)c5ccccc5)cc4)c4ccc([N+](=O)[O-])cc43)[C@@H]2C)cc1. The maximum Gasteiger partial charge on any atom is 0.269 e. The molecule has 304 valence electrons. The van der Waals surface area contributed by atoms with Crippen molar-refractivity contribution in [2.24, 2.45) is 5.92 Å². The lowest BCUT2D eigenvalue weighted by Crippen LogP contribution is -2.52. The molecule has 59 heavy (non-hydrogen) atoms. The zero-order valence-corrected chi connectivity index (χ0v) is 34.6. The fourth-order valence-corrected chi connectivity index (χ4v) is 13.1. The predicted molar refractivity (Wildman–Crippen MR) is 229 cm³/mol. The number of aliphatic hydroxyl groups is 1. The smallest absolute Gasteiger partial charge is 0.269 e. The molecule has 0 saturated carbocycles. The Bertz CT molecular complexity index is 2310. The number of benzene rings is 5. The second-order valence-electron chi connectivity index (χ2n) is 15.7. The molecular formula is C46H48N4O8Si. The summed E-state index contributed by atoms with van der Waals surface area (Å²) in [6, 6.07) is 38.5. The molecule has 0 radical (unpaired) electrons. The van der Waals surface area contributed by atoms with E-state index in [-0.39, 0.29) is 55.7 Å². The summed E-state index contributed by atoms with van der Waals surface area (Å²) < 4.78 is 12.6. The van der Waals surface area contributed by atoms with Gasteiger partial charge in [-0.15, -0.1) is 0 Å². The van der Waals surface area contributed by atoms with Crippen LogP contribution in [0.4, 0.5) is 22.7 Å². The number of non-ortho nitro benzene ring substituents is 1. The second kappa shape index (κ2) is 17.0. The van der Waals surface area contributed by atoms with Gasteiger partial charge in [0, 0.05) is 48.1 Å². The number of carbonyl (C=O) groups is 3. The molecule has 2 aliphatic heterocycles. The van der Waals surface area contributed by atoms with Gasteiger partial charge >= 0.3 is 0 Å². The summed E-state index contributed by atoms with van der Waals surface area (Å²) in [6.45, 7) is 6.68. The lowest BCUT2D eigenvalue weighted by molar-refractivity contribution is -0.385. The van der Waals surface area contributed by atoms with Crippen molar-refractivity contribution in [3.63, 3.8) is 0 Å². The number of methoxy groups -OCH3 is 1. The Balaban J connectivity index is 1.28. The molecule has 0 unspecified atom stereocenters. The van der Waals surface area contributed by atoms with Crippen molar-refractivity contribution in [1.82, 2.24) is 4.90 Å². The van der Waals surface area contributed by atoms with Crippen LogP contribution in [0.25, 0.3) is 0 Å². The molecule has 12 nitrogen and oxygen atoms in total. The van der Waals surface area contributed by atoms with Gasteiger partial charge in [-0.3, -0.25) is 29.4 Å². The maximum atomic E-state index is 15.3. The number of fused-ring (bicyclic) bond motifs is 2. The maximum absolute atomic E-state index is 15.3. The van der Waals surface area contributed by atoms with Gasteiger partial charge in [0.1, 0.15) is 5.75 Å². The van der Waals surface area contributed by atoms with E-state index in [1.165, 1.54) is 17.0 Å². The third kappa shape index (κ3) is 7.76. The van der Waals surface area contributed by atoms with Crippen molar-refractivity contribution >= 4 is 54.2 Å². The molecule has 3 amide bonds. The first kappa shape index (κ1) is 41.0. The normalized spacial score (nSPS) is 19.7. The number of aliphatic hydroxyl groups excluding tert-OH is 1. The highest BCUT2D eigenvalue weighted by atomic mass is 28.3. The number of hydrogen-bond acceptors (Lipinski definition) is 8. The molecule has 1 fully saturated rings. The Hall–Kier alpha value is -6.15. The quantitative estimate of drug-likeness (QED) is 0.0512. The van der Waals surface area contributed by atoms with Crippen molar-refractivity contribution in [3.8, 4) is 5.75 Å². The van der Waals surface area contributed by atoms with Gasteiger partial charge in [0.25, 0.3) is 11.6 Å². The standard InChI is InChI=1S/C46H48N4O8Si/c1-32-44(59(3,4)39-22-20-38(57-2)21-23-39)42(28-43(53)47(25-26-51)29-33-11-7-5-8-12-33)58-46(32)40-27-37(50(55)56)19-24-41(40)48(45(46)54)30-34-15-17-36(18-16-34)49(31-52)35-13-9-6-10-14-35/h5-24,27,31-32,42,44,51H,25-26,28-30H2,1-4H3/t32-,42+,44-,46+/m1/s1. The van der Waals surface area contributed by atoms with E-state index >= 15 is 4.79 Å². The number of nitro groups is 1. The van der Waals surface area contributed by atoms with Crippen LogP contribution in [0.2, 0.25) is 18.6 Å². The number of rotatable bonds is 15. The molecule has 0 aliphatic carbocycles. The zero-order valence-electron chi connectivity index (χ0n) is 33.6. The summed E-state index contributed by atoms with van der Waals surface area (Å²) in [7, 11) is -1.06. The highest BCUT2D eigenvalue weighted by molar-refractivity contribution is 6.91. The minimum atomic E-state index is -2.67. The number of nitro benzene ring substituents is 1. The molecule has 5 aromatic rings. The first-order valence-electron chi connectivity index (χ1n) is 19.7. The summed E-state index contributed by atoms with van der Waals surface area (Å²) in [4.78, 5) is 58.4. The largest absolute Gasteiger partial charge is 0.497 e. The van der Waals surface area contributed by atoms with E-state index in [0.717, 1.165) is 22.7 Å². The topological polar surface area (TPSA) is 143 Å². The molecule has 1 N–H and O–H groups in total. The molecule has 0 bridgehead atoms. The molecule has 1 spiro atoms. The Labute approximate surface area is 344 Å². The molecule has 0 aromatic heterocycles. The molecule has 5 aromatic carbocycles. The number of carbonyl (C=O) groups excluding carboxylic acids is 3. The summed E-state index contributed by atoms with van der Waals surface area (Å²) in [5.41, 5.74) is 1.79. The van der Waals surface area contributed by atoms with Crippen LogP contribution in [0.3, 0.4) is 0 Å². The van der Waals surface area contributed by atoms with Crippen LogP contribution >= 0.6 is 0 Å². The van der Waals surface area contributed by atoms with E-state index in [2.05, 4.69) is 13.1 Å². The molecule has 2 heterocycles. The van der Waals surface area contributed by atoms with Crippen LogP contribution < -0.4 is 19.7 Å². The highest BCUT2D eigenvalue weighted by Gasteiger charge is 2.66. The van der Waals surface area contributed by atoms with E-state index in [4.69, 9.17) is 9.47 Å². The number of anilines is 3. The molecule has 1 saturated heterocycles. The average molecular weight is 813 g/mol. The Morgan fingerprint density at radius 2 is 1.58 bits per heavy atom. The molecule has 7 rings (SSSR count). The third-order valence-corrected chi connectivity index (χ3v) is 16.4. The Kier molecular flexibility index (Phi) is 11.8. The second-order valence-corrected chi connectivity index (χ2v) is 20.4. The first-order valence-corrected chi connectivity index (χ1v) is 22.7. The first-order chi connectivity index (χ1) is 28.4. The number of nitrogens with zero attached hydrogens (tertiary/aromatic N) is 4. The average Bonchev–Trinajstić information content (AvgIpc) is 3.67. The fourth-order valence-electron chi connectivity index (χ4n) is 9.09. The van der Waals surface area contributed by atoms with E-state index in [1.54, 1.807) is 23.0 Å². The van der Waals surface area contributed by atoms with Gasteiger partial charge in [-0.1, -0.05) is 98.0 Å². The van der Waals surface area contributed by atoms with Crippen LogP contribution in [0, 0.1) is 16.0 Å². The van der Waals surface area contributed by atoms with Gasteiger partial charge in [0.2, 0.25) is 12.3 Å². The number of amides is 3. The van der Waals surface area contributed by atoms with Crippen LogP contribution in [0.5, 0.6) is 5.75 Å². The molecule has 4 atom stereocenters. The van der Waals surface area contributed by atoms with Crippen LogP contribution in [0.15, 0.2) is 127 Å². The van der Waals surface area contributed by atoms with Crippen LogP contribution in [-0.2, 0) is 37.8 Å². The van der Waals surface area contributed by atoms with Crippen molar-refractivity contribution in [3.05, 3.63) is 154 Å². The number of hydrogen-bond donors (Lipinski definition) is 1. The summed E-state index contributed by atoms with van der Waals surface area (Å²) in [5.74, 6) is -0.410. The third-order valence-electron chi connectivity index (χ3n) is 12.0. The van der Waals surface area contributed by atoms with Gasteiger partial charge in [-0.25, -0.2) is 0 Å². The summed E-state index contributed by atoms with van der Waals surface area (Å²) >= 11 is 0. The Morgan fingerprint density at radius 3 is 2.19 bits per heavy atom. The van der Waals surface area contributed by atoms with E-state index < -0.39 is 30.6 Å². The van der Waals surface area contributed by atoms with Crippen LogP contribution in [-0.4, -0.2) is 67.6 Å². The lowest BCUT2D eigenvalue weighted by atomic mass is 9.82. The van der Waals surface area contributed by atoms with Crippen molar-refractivity contribution in [1.29, 1.82) is 0 Å². The number of ether oxygens (including phenoxy) is 2. The van der Waals surface area contributed by atoms with Crippen molar-refractivity contribution in [2.45, 2.75) is 56.8 Å². The fraction of sp³-hybridized carbons (Fsp3) is 0.283. The summed E-state index contributed by atoms with van der Waals surface area (Å²) in [6.07, 6.45) is -0.0658. The predicted octanol–water partition coefficient (Wildman–Crippen LogP) is 7.07. The molecule has 2 aliphatic rings. The summed E-state index contributed by atoms with van der Waals surface area (Å²) in [5, 5.41) is 23.4. The van der Waals surface area contributed by atoms with E-state index in [0.29, 0.717) is 28.4 Å². The van der Waals surface area contributed by atoms with Crippen molar-refractivity contribution in [2.75, 3.05) is 30.1 Å². The van der Waals surface area contributed by atoms with Crippen molar-refractivity contribution < 1.29 is 33.9 Å². The van der Waals surface area contributed by atoms with Gasteiger partial charge in [-0.05, 0) is 59.1 Å². The lowest BCUT2D eigenvalue weighted by Gasteiger charge is -2.37. The van der Waals surface area contributed by atoms with Gasteiger partial charge in [0.05, 0.1) is 51.5 Å². The minimum absolute atomic E-state index is 0.0657. The van der Waals surface area contributed by atoms with E-state index in [9.17, 15) is 24.8 Å². The molecular weight excluding hydrogens is 765 g/mol. The number of para-hydroxylation sites is 1. The monoisotopic (exact) mass is 812 g/mol. The highest BCUT2D eigenvalue weighted by Crippen LogP contribution is 2.60. The van der Waals surface area contributed by atoms with E-state index in [1.807, 2.05) is 116 Å². The van der Waals surface area contributed by atoms with Gasteiger partial charge < -0.3 is 24.4 Å². The van der Waals surface area contributed by atoms with Gasteiger partial charge in [-0.2, -0.15) is 0 Å². The minimum Gasteiger partial charge on any atom is -0.497 e. The molecule has 13 heteroatoms. The van der Waals surface area contributed by atoms with Crippen LogP contribution in [0.1, 0.15) is 30.0 Å². The Morgan fingerprint density at radius 1 is 0.932 bits per heavy atom. The zero-order chi connectivity index (χ0) is 41.9. The van der Waals surface area contributed by atoms with Gasteiger partial charge in [0.15, 0.2) is 5.60 Å².